The number of hydrogen-bond acceptors (Lipinski definition) is 2. The van der Waals surface area contributed by atoms with Crippen LogP contribution in [0.1, 0.15) is 0 Å². The SMILES string of the molecule is c1ccc2c(c1)oc1ccc(-c3c4ccccc4c(-c4c5ccccc5c(-c5ccc6c(c5)sc5cc7c8ccccc8c8ccccc8c7cc56)c5ccccc45)c4ccccc34)cc12. The van der Waals surface area contributed by atoms with E-state index in [1.807, 2.05) is 17.4 Å². The summed E-state index contributed by atoms with van der Waals surface area (Å²) in [7, 11) is 0. The molecule has 0 N–H and O–H groups in total. The topological polar surface area (TPSA) is 13.1 Å². The Labute approximate surface area is 383 Å². The molecule has 0 saturated heterocycles. The summed E-state index contributed by atoms with van der Waals surface area (Å²) in [4.78, 5) is 0. The molecule has 66 heavy (non-hydrogen) atoms. The maximum Gasteiger partial charge on any atom is 0.135 e. The van der Waals surface area contributed by atoms with Crippen molar-refractivity contribution < 1.29 is 4.42 Å². The Morgan fingerprint density at radius 1 is 0.212 bits per heavy atom. The van der Waals surface area contributed by atoms with Crippen LogP contribution < -0.4 is 0 Å². The Hall–Kier alpha value is -8.30. The molecule has 0 unspecified atom stereocenters. The molecule has 0 aliphatic carbocycles. The molecule has 0 fully saturated rings. The first kappa shape index (κ1) is 36.1. The van der Waals surface area contributed by atoms with Gasteiger partial charge in [0.05, 0.1) is 0 Å². The van der Waals surface area contributed by atoms with Crippen LogP contribution in [-0.4, -0.2) is 0 Å². The number of hydrogen-bond donors (Lipinski definition) is 0. The smallest absolute Gasteiger partial charge is 0.135 e. The zero-order valence-corrected chi connectivity index (χ0v) is 36.4. The van der Waals surface area contributed by atoms with Crippen LogP contribution in [0.25, 0.3) is 151 Å². The Bertz CT molecular complexity index is 4470. The molecule has 0 aliphatic heterocycles. The highest BCUT2D eigenvalue weighted by molar-refractivity contribution is 7.26. The Balaban J connectivity index is 0.983. The number of rotatable bonds is 3. The Kier molecular flexibility index (Phi) is 7.44. The molecule has 0 atom stereocenters. The van der Waals surface area contributed by atoms with Crippen LogP contribution in [0.2, 0.25) is 0 Å². The summed E-state index contributed by atoms with van der Waals surface area (Å²) in [6.45, 7) is 0. The van der Waals surface area contributed by atoms with Crippen molar-refractivity contribution in [3.8, 4) is 33.4 Å². The van der Waals surface area contributed by atoms with Gasteiger partial charge in [0.2, 0.25) is 0 Å². The first-order valence-corrected chi connectivity index (χ1v) is 23.6. The second kappa shape index (κ2) is 13.6. The van der Waals surface area contributed by atoms with E-state index in [0.29, 0.717) is 0 Å². The summed E-state index contributed by atoms with van der Waals surface area (Å²) in [5.41, 5.74) is 9.30. The molecule has 1 nitrogen and oxygen atoms in total. The van der Waals surface area contributed by atoms with E-state index >= 15 is 0 Å². The van der Waals surface area contributed by atoms with Gasteiger partial charge in [-0.2, -0.15) is 0 Å². The predicted octanol–water partition coefficient (Wildman–Crippen LogP) is 19.0. The Morgan fingerprint density at radius 2 is 0.576 bits per heavy atom. The van der Waals surface area contributed by atoms with E-state index in [1.54, 1.807) is 0 Å². The summed E-state index contributed by atoms with van der Waals surface area (Å²) in [5, 5.41) is 22.7. The maximum absolute atomic E-state index is 6.29. The molecule has 0 aliphatic rings. The zero-order chi connectivity index (χ0) is 43.0. The first-order valence-electron chi connectivity index (χ1n) is 22.7. The van der Waals surface area contributed by atoms with E-state index in [-0.39, 0.29) is 0 Å². The van der Waals surface area contributed by atoms with Crippen molar-refractivity contribution in [2.45, 2.75) is 0 Å². The van der Waals surface area contributed by atoms with Crippen LogP contribution in [0.4, 0.5) is 0 Å². The number of para-hydroxylation sites is 1. The van der Waals surface area contributed by atoms with E-state index < -0.39 is 0 Å². The van der Waals surface area contributed by atoms with Gasteiger partial charge in [-0.3, -0.25) is 0 Å². The molecule has 2 aromatic heterocycles. The van der Waals surface area contributed by atoms with Gasteiger partial charge >= 0.3 is 0 Å². The third-order valence-corrected chi connectivity index (χ3v) is 15.5. The van der Waals surface area contributed by atoms with Gasteiger partial charge in [-0.25, -0.2) is 0 Å². The van der Waals surface area contributed by atoms with E-state index in [2.05, 4.69) is 212 Å². The third kappa shape index (κ3) is 4.99. The summed E-state index contributed by atoms with van der Waals surface area (Å²) >= 11 is 1.91. The second-order valence-corrected chi connectivity index (χ2v) is 18.9. The molecule has 0 bridgehead atoms. The van der Waals surface area contributed by atoms with Gasteiger partial charge in [0.25, 0.3) is 0 Å². The lowest BCUT2D eigenvalue weighted by atomic mass is 9.81. The normalized spacial score (nSPS) is 12.2. The number of thiophene rings is 1. The lowest BCUT2D eigenvalue weighted by molar-refractivity contribution is 0.669. The fourth-order valence-electron chi connectivity index (χ4n) is 11.6. The fourth-order valence-corrected chi connectivity index (χ4v) is 12.8. The molecular weight excluding hydrogens is 817 g/mol. The highest BCUT2D eigenvalue weighted by atomic mass is 32.1. The molecule has 0 saturated carbocycles. The molecule has 0 radical (unpaired) electrons. The maximum atomic E-state index is 6.29. The number of furan rings is 1. The monoisotopic (exact) mass is 852 g/mol. The molecule has 13 aromatic carbocycles. The van der Waals surface area contributed by atoms with Crippen molar-refractivity contribution in [3.63, 3.8) is 0 Å². The highest BCUT2D eigenvalue weighted by Gasteiger charge is 2.23. The largest absolute Gasteiger partial charge is 0.456 e. The van der Waals surface area contributed by atoms with Gasteiger partial charge < -0.3 is 4.42 Å². The third-order valence-electron chi connectivity index (χ3n) is 14.4. The van der Waals surface area contributed by atoms with Crippen LogP contribution in [0.15, 0.2) is 223 Å². The highest BCUT2D eigenvalue weighted by Crippen LogP contribution is 2.51. The average Bonchev–Trinajstić information content (AvgIpc) is 3.94. The fraction of sp³-hybridized carbons (Fsp3) is 0. The standard InChI is InChI=1S/C64H36OS/c1-3-17-41-39(15-1)40-16-2-4-18-42(40)54-36-60-56(35-53(41)54)44-31-29-38(34-59(44)66-60)62-47-22-7-11-26-51(47)64(52-27-12-8-23-48(52)62)63-49-24-9-5-20-45(49)61(46-21-6-10-25-50(46)63)37-30-32-58-55(33-37)43-19-13-14-28-57(43)65-58/h1-36H. The van der Waals surface area contributed by atoms with Crippen molar-refractivity contribution >= 4 is 129 Å². The van der Waals surface area contributed by atoms with Crippen molar-refractivity contribution in [1.29, 1.82) is 0 Å². The van der Waals surface area contributed by atoms with Crippen LogP contribution in [0.5, 0.6) is 0 Å². The van der Waals surface area contributed by atoms with Crippen LogP contribution >= 0.6 is 11.3 Å². The quantitative estimate of drug-likeness (QED) is 0.127. The van der Waals surface area contributed by atoms with Gasteiger partial charge in [-0.15, -0.1) is 11.3 Å². The van der Waals surface area contributed by atoms with E-state index in [1.165, 1.54) is 129 Å². The van der Waals surface area contributed by atoms with Gasteiger partial charge in [0, 0.05) is 30.9 Å². The van der Waals surface area contributed by atoms with Crippen LogP contribution in [0, 0.1) is 0 Å². The summed E-state index contributed by atoms with van der Waals surface area (Å²) in [5.74, 6) is 0. The zero-order valence-electron chi connectivity index (χ0n) is 35.6. The van der Waals surface area contributed by atoms with Crippen molar-refractivity contribution in [1.82, 2.24) is 0 Å². The minimum absolute atomic E-state index is 0.908. The van der Waals surface area contributed by atoms with E-state index in [9.17, 15) is 0 Å². The van der Waals surface area contributed by atoms with Gasteiger partial charge in [0.1, 0.15) is 11.2 Å². The lowest BCUT2D eigenvalue weighted by Crippen LogP contribution is -1.94. The number of benzene rings is 13. The molecule has 0 spiro atoms. The van der Waals surface area contributed by atoms with Crippen LogP contribution in [0.3, 0.4) is 0 Å². The molecule has 15 aromatic rings. The molecule has 2 heteroatoms. The van der Waals surface area contributed by atoms with Gasteiger partial charge in [0.15, 0.2) is 0 Å². The van der Waals surface area contributed by atoms with E-state index in [0.717, 1.165) is 21.9 Å². The minimum Gasteiger partial charge on any atom is -0.456 e. The number of fused-ring (bicyclic) bond motifs is 16. The summed E-state index contributed by atoms with van der Waals surface area (Å²) < 4.78 is 8.92. The Morgan fingerprint density at radius 3 is 1.09 bits per heavy atom. The van der Waals surface area contributed by atoms with Crippen LogP contribution in [-0.2, 0) is 0 Å². The second-order valence-electron chi connectivity index (χ2n) is 17.8. The van der Waals surface area contributed by atoms with E-state index in [4.69, 9.17) is 4.42 Å². The van der Waals surface area contributed by atoms with Crippen molar-refractivity contribution in [3.05, 3.63) is 218 Å². The molecule has 2 heterocycles. The summed E-state index contributed by atoms with van der Waals surface area (Å²) in [6, 6.07) is 81.1. The van der Waals surface area contributed by atoms with Crippen molar-refractivity contribution in [2.24, 2.45) is 0 Å². The van der Waals surface area contributed by atoms with Crippen molar-refractivity contribution in [2.75, 3.05) is 0 Å². The van der Waals surface area contributed by atoms with Gasteiger partial charge in [-0.1, -0.05) is 182 Å². The summed E-state index contributed by atoms with van der Waals surface area (Å²) in [6.07, 6.45) is 0. The average molecular weight is 853 g/mol. The van der Waals surface area contributed by atoms with Gasteiger partial charge in [-0.05, 0) is 145 Å². The molecule has 304 valence electrons. The molecular formula is C64H36OS. The molecule has 15 rings (SSSR count). The lowest BCUT2D eigenvalue weighted by Gasteiger charge is -2.22. The minimum atomic E-state index is 0.908. The molecule has 0 amide bonds. The predicted molar refractivity (Wildman–Crippen MR) is 285 cm³/mol. The first-order chi connectivity index (χ1) is 32.7.